The van der Waals surface area contributed by atoms with Gasteiger partial charge < -0.3 is 10.2 Å². The zero-order valence-electron chi connectivity index (χ0n) is 10.5. The number of anilines is 1. The molecule has 0 aliphatic carbocycles. The van der Waals surface area contributed by atoms with Gasteiger partial charge in [0.2, 0.25) is 0 Å². The predicted molar refractivity (Wildman–Crippen MR) is 73.5 cm³/mol. The number of piperidine rings is 1. The van der Waals surface area contributed by atoms with Crippen LogP contribution in [0.1, 0.15) is 26.2 Å². The summed E-state index contributed by atoms with van der Waals surface area (Å²) in [5.74, 6) is 1.03. The van der Waals surface area contributed by atoms with Crippen molar-refractivity contribution in [1.29, 1.82) is 0 Å². The summed E-state index contributed by atoms with van der Waals surface area (Å²) in [5, 5.41) is 3.43. The van der Waals surface area contributed by atoms with E-state index in [1.165, 1.54) is 19.3 Å². The Bertz CT molecular complexity index is 353. The van der Waals surface area contributed by atoms with Crippen molar-refractivity contribution in [2.45, 2.75) is 26.2 Å². The van der Waals surface area contributed by atoms with E-state index in [0.29, 0.717) is 0 Å². The minimum Gasteiger partial charge on any atom is -0.343 e. The van der Waals surface area contributed by atoms with E-state index >= 15 is 0 Å². The fraction of sp³-hybridized carbons (Fsp3) is 0.500. The first-order valence-electron chi connectivity index (χ1n) is 6.51. The number of rotatable bonds is 2. The standard InChI is InChI=1S/C14H21N3/c1-2-15-14(17-11-7-4-8-12-17)16-13-9-5-3-6-10-13/h3,5-6,9-10H,2,4,7-8,11-12H2,1H3,(H,15,16). The first-order chi connectivity index (χ1) is 8.40. The molecular formula is C14H21N3. The Morgan fingerprint density at radius 3 is 2.53 bits per heavy atom. The average molecular weight is 231 g/mol. The Morgan fingerprint density at radius 1 is 1.18 bits per heavy atom. The Labute approximate surface area is 104 Å². The van der Waals surface area contributed by atoms with Gasteiger partial charge in [-0.05, 0) is 38.3 Å². The van der Waals surface area contributed by atoms with Crippen LogP contribution in [0, 0.1) is 0 Å². The molecule has 1 heterocycles. The summed E-state index contributed by atoms with van der Waals surface area (Å²) in [4.78, 5) is 6.94. The van der Waals surface area contributed by atoms with Crippen molar-refractivity contribution in [3.8, 4) is 0 Å². The van der Waals surface area contributed by atoms with Gasteiger partial charge in [-0.1, -0.05) is 18.2 Å². The quantitative estimate of drug-likeness (QED) is 0.626. The van der Waals surface area contributed by atoms with Crippen LogP contribution in [0.5, 0.6) is 0 Å². The third-order valence-corrected chi connectivity index (χ3v) is 2.99. The van der Waals surface area contributed by atoms with Gasteiger partial charge in [0.15, 0.2) is 5.96 Å². The molecule has 1 saturated heterocycles. The topological polar surface area (TPSA) is 27.6 Å². The normalized spacial score (nSPS) is 17.0. The van der Waals surface area contributed by atoms with Crippen LogP contribution in [-0.4, -0.2) is 30.5 Å². The van der Waals surface area contributed by atoms with Crippen LogP contribution >= 0.6 is 0 Å². The summed E-state index contributed by atoms with van der Waals surface area (Å²) in [5.41, 5.74) is 1.12. The summed E-state index contributed by atoms with van der Waals surface area (Å²) in [6.07, 6.45) is 3.90. The molecule has 92 valence electrons. The Hall–Kier alpha value is -1.51. The second-order valence-electron chi connectivity index (χ2n) is 4.34. The van der Waals surface area contributed by atoms with E-state index in [4.69, 9.17) is 0 Å². The highest BCUT2D eigenvalue weighted by atomic mass is 15.3. The fourth-order valence-corrected chi connectivity index (χ4v) is 2.12. The molecular weight excluding hydrogens is 210 g/mol. The molecule has 1 fully saturated rings. The molecule has 1 aliphatic rings. The number of guanidine groups is 1. The summed E-state index contributed by atoms with van der Waals surface area (Å²) in [7, 11) is 0. The van der Waals surface area contributed by atoms with Crippen LogP contribution in [-0.2, 0) is 0 Å². The monoisotopic (exact) mass is 231 g/mol. The Kier molecular flexibility index (Phi) is 4.42. The van der Waals surface area contributed by atoms with E-state index in [-0.39, 0.29) is 0 Å². The minimum absolute atomic E-state index is 0.825. The molecule has 0 atom stereocenters. The molecule has 1 aromatic rings. The number of para-hydroxylation sites is 1. The van der Waals surface area contributed by atoms with Gasteiger partial charge in [0.05, 0.1) is 0 Å². The number of hydrogen-bond donors (Lipinski definition) is 1. The van der Waals surface area contributed by atoms with Crippen LogP contribution in [0.4, 0.5) is 5.69 Å². The molecule has 0 aromatic heterocycles. The van der Waals surface area contributed by atoms with Gasteiger partial charge in [0.25, 0.3) is 0 Å². The molecule has 1 N–H and O–H groups in total. The van der Waals surface area contributed by atoms with E-state index < -0.39 is 0 Å². The van der Waals surface area contributed by atoms with E-state index in [2.05, 4.69) is 34.3 Å². The van der Waals surface area contributed by atoms with Crippen molar-refractivity contribution in [1.82, 2.24) is 4.90 Å². The second-order valence-corrected chi connectivity index (χ2v) is 4.34. The van der Waals surface area contributed by atoms with Crippen LogP contribution < -0.4 is 5.32 Å². The molecule has 3 nitrogen and oxygen atoms in total. The van der Waals surface area contributed by atoms with Gasteiger partial charge in [-0.3, -0.25) is 4.99 Å². The second kappa shape index (κ2) is 6.28. The van der Waals surface area contributed by atoms with Crippen LogP contribution in [0.3, 0.4) is 0 Å². The smallest absolute Gasteiger partial charge is 0.198 e. The highest BCUT2D eigenvalue weighted by Gasteiger charge is 2.14. The molecule has 2 rings (SSSR count). The lowest BCUT2D eigenvalue weighted by molar-refractivity contribution is 0.340. The van der Waals surface area contributed by atoms with Crippen LogP contribution in [0.15, 0.2) is 35.3 Å². The van der Waals surface area contributed by atoms with E-state index in [0.717, 1.165) is 31.3 Å². The van der Waals surface area contributed by atoms with Crippen molar-refractivity contribution in [2.24, 2.45) is 4.99 Å². The molecule has 0 spiro atoms. The molecule has 0 radical (unpaired) electrons. The van der Waals surface area contributed by atoms with Gasteiger partial charge in [0.1, 0.15) is 0 Å². The third kappa shape index (κ3) is 3.48. The Morgan fingerprint density at radius 2 is 1.88 bits per heavy atom. The predicted octanol–water partition coefficient (Wildman–Crippen LogP) is 2.96. The van der Waals surface area contributed by atoms with Gasteiger partial charge in [-0.15, -0.1) is 0 Å². The SMILES string of the molecule is CCN=C(Nc1ccccc1)N1CCCCC1. The number of hydrogen-bond acceptors (Lipinski definition) is 1. The van der Waals surface area contributed by atoms with Crippen LogP contribution in [0.25, 0.3) is 0 Å². The molecule has 0 unspecified atom stereocenters. The lowest BCUT2D eigenvalue weighted by Gasteiger charge is -2.30. The molecule has 0 amide bonds. The Balaban J connectivity index is 2.04. The van der Waals surface area contributed by atoms with Crippen molar-refractivity contribution < 1.29 is 0 Å². The van der Waals surface area contributed by atoms with E-state index in [1.54, 1.807) is 0 Å². The van der Waals surface area contributed by atoms with Crippen molar-refractivity contribution >= 4 is 11.6 Å². The zero-order chi connectivity index (χ0) is 11.9. The van der Waals surface area contributed by atoms with Crippen molar-refractivity contribution in [2.75, 3.05) is 25.0 Å². The van der Waals surface area contributed by atoms with Gasteiger partial charge >= 0.3 is 0 Å². The number of benzene rings is 1. The zero-order valence-corrected chi connectivity index (χ0v) is 10.5. The summed E-state index contributed by atoms with van der Waals surface area (Å²) >= 11 is 0. The average Bonchev–Trinajstić information content (AvgIpc) is 2.40. The molecule has 17 heavy (non-hydrogen) atoms. The third-order valence-electron chi connectivity index (χ3n) is 2.99. The lowest BCUT2D eigenvalue weighted by atomic mass is 10.1. The van der Waals surface area contributed by atoms with Gasteiger partial charge in [-0.2, -0.15) is 0 Å². The number of likely N-dealkylation sites (tertiary alicyclic amines) is 1. The number of aliphatic imine (C=N–C) groups is 1. The largest absolute Gasteiger partial charge is 0.343 e. The van der Waals surface area contributed by atoms with Crippen molar-refractivity contribution in [3.05, 3.63) is 30.3 Å². The maximum Gasteiger partial charge on any atom is 0.198 e. The summed E-state index contributed by atoms with van der Waals surface area (Å²) < 4.78 is 0. The van der Waals surface area contributed by atoms with E-state index in [9.17, 15) is 0 Å². The van der Waals surface area contributed by atoms with Gasteiger partial charge in [0, 0.05) is 25.3 Å². The molecule has 0 bridgehead atoms. The maximum atomic E-state index is 4.57. The molecule has 0 saturated carbocycles. The van der Waals surface area contributed by atoms with Crippen molar-refractivity contribution in [3.63, 3.8) is 0 Å². The maximum absolute atomic E-state index is 4.57. The van der Waals surface area contributed by atoms with Crippen LogP contribution in [0.2, 0.25) is 0 Å². The lowest BCUT2D eigenvalue weighted by Crippen LogP contribution is -2.40. The number of nitrogens with zero attached hydrogens (tertiary/aromatic N) is 2. The summed E-state index contributed by atoms with van der Waals surface area (Å²) in [6.45, 7) is 5.15. The molecule has 3 heteroatoms. The van der Waals surface area contributed by atoms with Gasteiger partial charge in [-0.25, -0.2) is 0 Å². The summed E-state index contributed by atoms with van der Waals surface area (Å²) in [6, 6.07) is 10.3. The highest BCUT2D eigenvalue weighted by molar-refractivity contribution is 5.93. The van der Waals surface area contributed by atoms with E-state index in [1.807, 2.05) is 18.2 Å². The number of nitrogens with one attached hydrogen (secondary N) is 1. The highest BCUT2D eigenvalue weighted by Crippen LogP contribution is 2.12. The minimum atomic E-state index is 0.825. The fourth-order valence-electron chi connectivity index (χ4n) is 2.12. The molecule has 1 aromatic carbocycles. The first-order valence-corrected chi connectivity index (χ1v) is 6.51. The first kappa shape index (κ1) is 12.0. The molecule has 1 aliphatic heterocycles.